The minimum Gasteiger partial charge on any atom is -0.456 e. The van der Waals surface area contributed by atoms with Crippen LogP contribution in [0.3, 0.4) is 0 Å². The highest BCUT2D eigenvalue weighted by Crippen LogP contribution is 2.24. The molecule has 0 aliphatic rings. The molecular formula is C21H14ClNO. The Morgan fingerprint density at radius 2 is 1.46 bits per heavy atom. The van der Waals surface area contributed by atoms with E-state index < -0.39 is 0 Å². The molecule has 0 radical (unpaired) electrons. The van der Waals surface area contributed by atoms with Gasteiger partial charge in [-0.25, -0.2) is 4.99 Å². The van der Waals surface area contributed by atoms with E-state index >= 15 is 0 Å². The molecule has 24 heavy (non-hydrogen) atoms. The average Bonchev–Trinajstić information content (AvgIpc) is 2.63. The van der Waals surface area contributed by atoms with Gasteiger partial charge in [0.25, 0.3) is 0 Å². The third-order valence-corrected chi connectivity index (χ3v) is 4.04. The topological polar surface area (TPSA) is 25.5 Å². The van der Waals surface area contributed by atoms with Gasteiger partial charge in [0.1, 0.15) is 11.3 Å². The summed E-state index contributed by atoms with van der Waals surface area (Å²) in [5.74, 6) is 0.764. The standard InChI is InChI=1S/C21H14ClNO/c22-16-12-10-15(11-13-16)21-14-19(23-17-6-2-1-3-7-17)18-8-4-5-9-20(18)24-21/h1-14H. The normalized spacial score (nSPS) is 11.8. The maximum absolute atomic E-state index is 6.06. The third kappa shape index (κ3) is 2.97. The van der Waals surface area contributed by atoms with Crippen LogP contribution < -0.4 is 5.36 Å². The highest BCUT2D eigenvalue weighted by Gasteiger charge is 2.05. The first-order valence-electron chi connectivity index (χ1n) is 7.68. The van der Waals surface area contributed by atoms with Crippen molar-refractivity contribution in [3.8, 4) is 11.3 Å². The lowest BCUT2D eigenvalue weighted by Crippen LogP contribution is -2.02. The van der Waals surface area contributed by atoms with Crippen molar-refractivity contribution in [2.45, 2.75) is 0 Å². The quantitative estimate of drug-likeness (QED) is 0.443. The van der Waals surface area contributed by atoms with Crippen LogP contribution in [-0.4, -0.2) is 0 Å². The maximum Gasteiger partial charge on any atom is 0.136 e. The van der Waals surface area contributed by atoms with Crippen molar-refractivity contribution in [3.63, 3.8) is 0 Å². The van der Waals surface area contributed by atoms with Gasteiger partial charge < -0.3 is 4.42 Å². The first-order chi connectivity index (χ1) is 11.8. The Bertz CT molecular complexity index is 1050. The fourth-order valence-electron chi connectivity index (χ4n) is 2.61. The third-order valence-electron chi connectivity index (χ3n) is 3.79. The van der Waals surface area contributed by atoms with Crippen LogP contribution in [0, 0.1) is 0 Å². The second-order valence-electron chi connectivity index (χ2n) is 5.45. The van der Waals surface area contributed by atoms with Crippen molar-refractivity contribution in [1.82, 2.24) is 0 Å². The largest absolute Gasteiger partial charge is 0.456 e. The van der Waals surface area contributed by atoms with Gasteiger partial charge in [0.2, 0.25) is 0 Å². The van der Waals surface area contributed by atoms with E-state index in [-0.39, 0.29) is 0 Å². The predicted octanol–water partition coefficient (Wildman–Crippen LogP) is 5.99. The first-order valence-corrected chi connectivity index (χ1v) is 8.06. The fraction of sp³-hybridized carbons (Fsp3) is 0. The molecule has 0 saturated carbocycles. The molecule has 0 fully saturated rings. The summed E-state index contributed by atoms with van der Waals surface area (Å²) in [7, 11) is 0. The monoisotopic (exact) mass is 331 g/mol. The summed E-state index contributed by atoms with van der Waals surface area (Å²) in [5, 5.41) is 2.57. The van der Waals surface area contributed by atoms with Gasteiger partial charge in [-0.05, 0) is 48.5 Å². The number of halogens is 1. The van der Waals surface area contributed by atoms with Crippen molar-refractivity contribution in [2.24, 2.45) is 4.99 Å². The van der Waals surface area contributed by atoms with Gasteiger partial charge in [-0.2, -0.15) is 0 Å². The van der Waals surface area contributed by atoms with E-state index in [2.05, 4.69) is 0 Å². The first kappa shape index (κ1) is 14.7. The minimum absolute atomic E-state index is 0.703. The lowest BCUT2D eigenvalue weighted by atomic mass is 10.1. The molecule has 0 bridgehead atoms. The van der Waals surface area contributed by atoms with E-state index in [0.717, 1.165) is 33.3 Å². The van der Waals surface area contributed by atoms with Gasteiger partial charge >= 0.3 is 0 Å². The highest BCUT2D eigenvalue weighted by atomic mass is 35.5. The van der Waals surface area contributed by atoms with Gasteiger partial charge in [0.05, 0.1) is 11.0 Å². The second-order valence-corrected chi connectivity index (χ2v) is 5.88. The van der Waals surface area contributed by atoms with Crippen LogP contribution in [0.1, 0.15) is 0 Å². The molecule has 0 unspecified atom stereocenters. The van der Waals surface area contributed by atoms with Crippen LogP contribution >= 0.6 is 11.6 Å². The van der Waals surface area contributed by atoms with Crippen molar-refractivity contribution in [3.05, 3.63) is 95.3 Å². The fourth-order valence-corrected chi connectivity index (χ4v) is 2.73. The van der Waals surface area contributed by atoms with E-state index in [9.17, 15) is 0 Å². The van der Waals surface area contributed by atoms with Gasteiger partial charge in [0, 0.05) is 22.0 Å². The Morgan fingerprint density at radius 1 is 0.750 bits per heavy atom. The van der Waals surface area contributed by atoms with Crippen LogP contribution in [0.2, 0.25) is 5.02 Å². The second kappa shape index (κ2) is 6.34. The Hall–Kier alpha value is -2.84. The van der Waals surface area contributed by atoms with Gasteiger partial charge in [-0.15, -0.1) is 0 Å². The molecule has 0 spiro atoms. The van der Waals surface area contributed by atoms with Crippen molar-refractivity contribution >= 4 is 28.3 Å². The number of nitrogens with zero attached hydrogens (tertiary/aromatic N) is 1. The molecule has 0 aliphatic carbocycles. The van der Waals surface area contributed by atoms with E-state index in [4.69, 9.17) is 21.0 Å². The maximum atomic E-state index is 6.06. The SMILES string of the molecule is Clc1ccc(-c2cc(=Nc3ccccc3)c3ccccc3o2)cc1. The zero-order valence-electron chi connectivity index (χ0n) is 12.8. The van der Waals surface area contributed by atoms with Crippen LogP contribution in [0.25, 0.3) is 22.3 Å². The molecule has 0 saturated heterocycles. The minimum atomic E-state index is 0.703. The molecule has 4 aromatic rings. The molecule has 4 rings (SSSR count). The van der Waals surface area contributed by atoms with Crippen molar-refractivity contribution < 1.29 is 4.42 Å². The Morgan fingerprint density at radius 3 is 2.25 bits per heavy atom. The van der Waals surface area contributed by atoms with Gasteiger partial charge in [0.15, 0.2) is 0 Å². The molecule has 0 N–H and O–H groups in total. The summed E-state index contributed by atoms with van der Waals surface area (Å²) < 4.78 is 6.06. The van der Waals surface area contributed by atoms with Crippen LogP contribution in [0.15, 0.2) is 94.3 Å². The molecular weight excluding hydrogens is 318 g/mol. The molecule has 0 atom stereocenters. The zero-order chi connectivity index (χ0) is 16.4. The molecule has 2 nitrogen and oxygen atoms in total. The van der Waals surface area contributed by atoms with Crippen molar-refractivity contribution in [2.75, 3.05) is 0 Å². The summed E-state index contributed by atoms with van der Waals surface area (Å²) in [5.41, 5.74) is 2.69. The lowest BCUT2D eigenvalue weighted by Gasteiger charge is -2.05. The average molecular weight is 332 g/mol. The number of para-hydroxylation sites is 2. The highest BCUT2D eigenvalue weighted by molar-refractivity contribution is 6.30. The number of rotatable bonds is 2. The molecule has 3 aromatic carbocycles. The van der Waals surface area contributed by atoms with E-state index in [1.165, 1.54) is 0 Å². The molecule has 1 heterocycles. The number of hydrogen-bond acceptors (Lipinski definition) is 2. The summed E-state index contributed by atoms with van der Waals surface area (Å²) in [6.45, 7) is 0. The number of fused-ring (bicyclic) bond motifs is 1. The van der Waals surface area contributed by atoms with Gasteiger partial charge in [-0.3, -0.25) is 0 Å². The zero-order valence-corrected chi connectivity index (χ0v) is 13.6. The summed E-state index contributed by atoms with van der Waals surface area (Å²) in [4.78, 5) is 4.79. The predicted molar refractivity (Wildman–Crippen MR) is 98.3 cm³/mol. The molecule has 116 valence electrons. The van der Waals surface area contributed by atoms with Gasteiger partial charge in [-0.1, -0.05) is 41.9 Å². The van der Waals surface area contributed by atoms with E-state index in [0.29, 0.717) is 5.02 Å². The Kier molecular flexibility index (Phi) is 3.89. The molecule has 3 heteroatoms. The van der Waals surface area contributed by atoms with E-state index in [1.807, 2.05) is 84.9 Å². The van der Waals surface area contributed by atoms with Crippen molar-refractivity contribution in [1.29, 1.82) is 0 Å². The number of benzene rings is 3. The summed E-state index contributed by atoms with van der Waals surface area (Å²) >= 11 is 5.98. The van der Waals surface area contributed by atoms with Crippen LogP contribution in [-0.2, 0) is 0 Å². The Labute approximate surface area is 144 Å². The van der Waals surface area contributed by atoms with Crippen LogP contribution in [0.5, 0.6) is 0 Å². The lowest BCUT2D eigenvalue weighted by molar-refractivity contribution is 0.618. The molecule has 0 aliphatic heterocycles. The summed E-state index contributed by atoms with van der Waals surface area (Å²) in [6.07, 6.45) is 0. The molecule has 0 amide bonds. The van der Waals surface area contributed by atoms with E-state index in [1.54, 1.807) is 0 Å². The number of hydrogen-bond donors (Lipinski definition) is 0. The smallest absolute Gasteiger partial charge is 0.136 e. The molecule has 1 aromatic heterocycles. The van der Waals surface area contributed by atoms with Crippen LogP contribution in [0.4, 0.5) is 5.69 Å². The Balaban J connectivity index is 1.98. The summed E-state index contributed by atoms with van der Waals surface area (Å²) in [6, 6.07) is 27.4.